The molecule has 0 bridgehead atoms. The third-order valence-electron chi connectivity index (χ3n) is 8.87. The average Bonchev–Trinajstić information content (AvgIpc) is 3.11. The lowest BCUT2D eigenvalue weighted by atomic mass is 9.98. The van der Waals surface area contributed by atoms with Gasteiger partial charge in [0.2, 0.25) is 17.7 Å². The predicted molar refractivity (Wildman–Crippen MR) is 199 cm³/mol. The molecule has 5 amide bonds. The SMILES string of the molecule is CC(C)[C@@H](C(=O)NC(CC(=O)OCc1ccccc1)C(=O)N1CCCCC1)N(C)C(=O)C(Cc1ccccc1)N(C)C(=O)[C@H](N)NC(=O)OC(C)(C)C. The predicted octanol–water partition coefficient (Wildman–Crippen LogP) is 2.98. The third-order valence-corrected chi connectivity index (χ3v) is 8.87. The number of likely N-dealkylation sites (N-methyl/N-ethyl adjacent to an activating group) is 2. The van der Waals surface area contributed by atoms with Gasteiger partial charge in [-0.1, -0.05) is 74.5 Å². The molecular formula is C39H56N6O8. The molecular weight excluding hydrogens is 680 g/mol. The normalized spacial score (nSPS) is 15.3. The van der Waals surface area contributed by atoms with E-state index in [1.807, 2.05) is 36.4 Å². The quantitative estimate of drug-likeness (QED) is 0.183. The minimum atomic E-state index is -1.53. The van der Waals surface area contributed by atoms with Crippen molar-refractivity contribution in [1.29, 1.82) is 0 Å². The molecule has 2 unspecified atom stereocenters. The summed E-state index contributed by atoms with van der Waals surface area (Å²) in [6.07, 6.45) is -0.160. The van der Waals surface area contributed by atoms with Crippen LogP contribution in [0.5, 0.6) is 0 Å². The molecule has 290 valence electrons. The number of amides is 5. The smallest absolute Gasteiger partial charge is 0.409 e. The molecule has 1 aliphatic heterocycles. The molecule has 1 fully saturated rings. The number of hydrogen-bond donors (Lipinski definition) is 3. The number of nitrogens with zero attached hydrogens (tertiary/aromatic N) is 3. The van der Waals surface area contributed by atoms with Crippen molar-refractivity contribution in [1.82, 2.24) is 25.3 Å². The van der Waals surface area contributed by atoms with Gasteiger partial charge in [0.05, 0.1) is 6.42 Å². The molecule has 1 heterocycles. The Hall–Kier alpha value is -4.98. The van der Waals surface area contributed by atoms with Crippen LogP contribution < -0.4 is 16.4 Å². The largest absolute Gasteiger partial charge is 0.461 e. The van der Waals surface area contributed by atoms with Crippen molar-refractivity contribution < 1.29 is 38.2 Å². The highest BCUT2D eigenvalue weighted by atomic mass is 16.6. The van der Waals surface area contributed by atoms with Crippen molar-refractivity contribution in [2.45, 2.75) is 103 Å². The molecule has 1 aliphatic rings. The Kier molecular flexibility index (Phi) is 15.8. The van der Waals surface area contributed by atoms with Crippen LogP contribution in [0, 0.1) is 5.92 Å². The Bertz CT molecular complexity index is 1540. The first-order chi connectivity index (χ1) is 25.0. The summed E-state index contributed by atoms with van der Waals surface area (Å²) < 4.78 is 10.7. The van der Waals surface area contributed by atoms with E-state index in [4.69, 9.17) is 15.2 Å². The Labute approximate surface area is 312 Å². The average molecular weight is 737 g/mol. The Morgan fingerprint density at radius 3 is 1.92 bits per heavy atom. The molecule has 0 aromatic heterocycles. The minimum absolute atomic E-state index is 0.0100. The van der Waals surface area contributed by atoms with Crippen molar-refractivity contribution >= 4 is 35.7 Å². The zero-order valence-corrected chi connectivity index (χ0v) is 32.0. The van der Waals surface area contributed by atoms with Gasteiger partial charge in [-0.05, 0) is 57.1 Å². The van der Waals surface area contributed by atoms with Gasteiger partial charge in [-0.3, -0.25) is 29.3 Å². The van der Waals surface area contributed by atoms with Gasteiger partial charge in [-0.2, -0.15) is 0 Å². The number of carbonyl (C=O) groups excluding carboxylic acids is 6. The summed E-state index contributed by atoms with van der Waals surface area (Å²) in [6.45, 7) is 9.53. The minimum Gasteiger partial charge on any atom is -0.461 e. The fourth-order valence-electron chi connectivity index (χ4n) is 6.15. The molecule has 14 nitrogen and oxygen atoms in total. The molecule has 0 spiro atoms. The summed E-state index contributed by atoms with van der Waals surface area (Å²) in [5.74, 6) is -3.49. The lowest BCUT2D eigenvalue weighted by molar-refractivity contribution is -0.151. The number of nitrogens with one attached hydrogen (secondary N) is 2. The second-order valence-corrected chi connectivity index (χ2v) is 14.7. The number of likely N-dealkylation sites (tertiary alicyclic amines) is 1. The summed E-state index contributed by atoms with van der Waals surface area (Å²) in [7, 11) is 2.86. The molecule has 2 aromatic rings. The van der Waals surface area contributed by atoms with Crippen molar-refractivity contribution in [3.63, 3.8) is 0 Å². The number of hydrogen-bond acceptors (Lipinski definition) is 9. The maximum atomic E-state index is 14.4. The van der Waals surface area contributed by atoms with Gasteiger partial charge in [0.1, 0.15) is 30.3 Å². The van der Waals surface area contributed by atoms with Crippen LogP contribution in [-0.2, 0) is 46.5 Å². The Morgan fingerprint density at radius 1 is 0.811 bits per heavy atom. The molecule has 0 radical (unpaired) electrons. The fraction of sp³-hybridized carbons (Fsp3) is 0.538. The number of piperidine rings is 1. The van der Waals surface area contributed by atoms with E-state index >= 15 is 0 Å². The van der Waals surface area contributed by atoms with Gasteiger partial charge < -0.3 is 35.2 Å². The molecule has 3 rings (SSSR count). The Morgan fingerprint density at radius 2 is 1.38 bits per heavy atom. The zero-order valence-electron chi connectivity index (χ0n) is 32.0. The molecule has 4 N–H and O–H groups in total. The number of benzene rings is 2. The van der Waals surface area contributed by atoms with Gasteiger partial charge >= 0.3 is 12.1 Å². The van der Waals surface area contributed by atoms with E-state index in [1.54, 1.807) is 63.8 Å². The van der Waals surface area contributed by atoms with E-state index in [2.05, 4.69) is 10.6 Å². The number of esters is 1. The maximum absolute atomic E-state index is 14.4. The van der Waals surface area contributed by atoms with Crippen molar-refractivity contribution in [2.75, 3.05) is 27.2 Å². The summed E-state index contributed by atoms with van der Waals surface area (Å²) in [4.78, 5) is 85.3. The van der Waals surface area contributed by atoms with Crippen molar-refractivity contribution in [2.24, 2.45) is 11.7 Å². The molecule has 53 heavy (non-hydrogen) atoms. The highest BCUT2D eigenvalue weighted by Crippen LogP contribution is 2.19. The standard InChI is InChI=1S/C39H56N6O8/c1-26(2)32(34(47)41-29(35(48)45-21-15-10-16-22-45)24-31(46)52-25-28-19-13-9-14-20-28)44(7)36(49)30(23-27-17-11-8-12-18-27)43(6)37(50)33(40)42-38(51)53-39(3,4)5/h8-9,11-14,17-20,26,29-30,32-33H,10,15-16,21-25,40H2,1-7H3,(H,41,47)(H,42,51)/t29?,30?,32-,33+/m0/s1. The summed E-state index contributed by atoms with van der Waals surface area (Å²) >= 11 is 0. The van der Waals surface area contributed by atoms with Crippen LogP contribution in [-0.4, -0.2) is 107 Å². The molecule has 0 aliphatic carbocycles. The summed E-state index contributed by atoms with van der Waals surface area (Å²) in [5, 5.41) is 5.09. The third kappa shape index (κ3) is 13.2. The van der Waals surface area contributed by atoms with Crippen LogP contribution in [0.1, 0.15) is 71.4 Å². The summed E-state index contributed by atoms with van der Waals surface area (Å²) in [5.41, 5.74) is 6.75. The van der Waals surface area contributed by atoms with Crippen LogP contribution in [0.4, 0.5) is 4.79 Å². The van der Waals surface area contributed by atoms with E-state index in [9.17, 15) is 28.8 Å². The summed E-state index contributed by atoms with van der Waals surface area (Å²) in [6, 6.07) is 14.7. The zero-order chi connectivity index (χ0) is 39.3. The molecule has 1 saturated heterocycles. The first-order valence-electron chi connectivity index (χ1n) is 18.1. The lowest BCUT2D eigenvalue weighted by Crippen LogP contribution is -2.61. The molecule has 4 atom stereocenters. The van der Waals surface area contributed by atoms with E-state index in [1.165, 1.54) is 19.0 Å². The van der Waals surface area contributed by atoms with E-state index in [0.717, 1.165) is 35.3 Å². The van der Waals surface area contributed by atoms with Gasteiger partial charge in [0.25, 0.3) is 5.91 Å². The first kappa shape index (κ1) is 42.4. The molecule has 14 heteroatoms. The maximum Gasteiger partial charge on any atom is 0.409 e. The van der Waals surface area contributed by atoms with Crippen LogP contribution in [0.3, 0.4) is 0 Å². The highest BCUT2D eigenvalue weighted by molar-refractivity contribution is 5.96. The van der Waals surface area contributed by atoms with Crippen LogP contribution in [0.25, 0.3) is 0 Å². The van der Waals surface area contributed by atoms with Gasteiger partial charge in [-0.25, -0.2) is 4.79 Å². The van der Waals surface area contributed by atoms with Crippen LogP contribution >= 0.6 is 0 Å². The molecule has 0 saturated carbocycles. The number of carbonyl (C=O) groups is 6. The van der Waals surface area contributed by atoms with Crippen molar-refractivity contribution in [3.05, 3.63) is 71.8 Å². The number of alkyl carbamates (subject to hydrolysis) is 1. The number of nitrogens with two attached hydrogens (primary N) is 1. The number of rotatable bonds is 15. The van der Waals surface area contributed by atoms with Crippen molar-refractivity contribution in [3.8, 4) is 0 Å². The van der Waals surface area contributed by atoms with E-state index in [0.29, 0.717) is 13.1 Å². The second kappa shape index (κ2) is 19.7. The first-order valence-corrected chi connectivity index (χ1v) is 18.1. The van der Waals surface area contributed by atoms with Gasteiger partial charge in [-0.15, -0.1) is 0 Å². The van der Waals surface area contributed by atoms with Gasteiger partial charge in [0, 0.05) is 33.6 Å². The monoisotopic (exact) mass is 736 g/mol. The van der Waals surface area contributed by atoms with Crippen LogP contribution in [0.15, 0.2) is 60.7 Å². The topological polar surface area (TPSA) is 181 Å². The second-order valence-electron chi connectivity index (χ2n) is 14.7. The van der Waals surface area contributed by atoms with E-state index < -0.39 is 77.9 Å². The fourth-order valence-corrected chi connectivity index (χ4v) is 6.15. The lowest BCUT2D eigenvalue weighted by Gasteiger charge is -2.37. The van der Waals surface area contributed by atoms with Gasteiger partial charge in [0.15, 0.2) is 6.17 Å². The highest BCUT2D eigenvalue weighted by Gasteiger charge is 2.39. The number of ether oxygens (including phenoxy) is 2. The van der Waals surface area contributed by atoms with Crippen LogP contribution in [0.2, 0.25) is 0 Å². The molecule has 2 aromatic carbocycles. The van der Waals surface area contributed by atoms with E-state index in [-0.39, 0.29) is 13.0 Å². The Balaban J connectivity index is 1.85.